The first kappa shape index (κ1) is 15.3. The van der Waals surface area contributed by atoms with E-state index in [4.69, 9.17) is 4.74 Å². The molecule has 0 spiro atoms. The second kappa shape index (κ2) is 6.59. The summed E-state index contributed by atoms with van der Waals surface area (Å²) in [5, 5.41) is 13.1. The average Bonchev–Trinajstić information content (AvgIpc) is 2.48. The molecule has 3 nitrogen and oxygen atoms in total. The van der Waals surface area contributed by atoms with Crippen LogP contribution >= 0.6 is 0 Å². The lowest BCUT2D eigenvalue weighted by atomic mass is 9.85. The van der Waals surface area contributed by atoms with Gasteiger partial charge in [-0.3, -0.25) is 0 Å². The molecular weight excluding hydrogens is 250 g/mol. The van der Waals surface area contributed by atoms with Gasteiger partial charge in [-0.1, -0.05) is 26.0 Å². The molecule has 3 heteroatoms. The number of hydrogen-bond acceptors (Lipinski definition) is 3. The fraction of sp³-hybridized carbons (Fsp3) is 0.647. The van der Waals surface area contributed by atoms with Crippen LogP contribution in [-0.4, -0.2) is 23.4 Å². The van der Waals surface area contributed by atoms with Gasteiger partial charge in [0, 0.05) is 18.7 Å². The number of nitrogens with one attached hydrogen (secondary N) is 1. The van der Waals surface area contributed by atoms with Crippen molar-refractivity contribution in [3.8, 4) is 5.75 Å². The summed E-state index contributed by atoms with van der Waals surface area (Å²) in [7, 11) is 0. The first-order valence-corrected chi connectivity index (χ1v) is 7.77. The van der Waals surface area contributed by atoms with Gasteiger partial charge in [0.25, 0.3) is 0 Å². The number of aromatic hydroxyl groups is 1. The van der Waals surface area contributed by atoms with E-state index in [2.05, 4.69) is 26.1 Å². The van der Waals surface area contributed by atoms with Gasteiger partial charge in [-0.15, -0.1) is 0 Å². The van der Waals surface area contributed by atoms with E-state index in [-0.39, 0.29) is 5.60 Å². The highest BCUT2D eigenvalue weighted by atomic mass is 16.5. The van der Waals surface area contributed by atoms with Crippen LogP contribution < -0.4 is 5.32 Å². The monoisotopic (exact) mass is 277 g/mol. The molecule has 1 aliphatic rings. The van der Waals surface area contributed by atoms with Crippen LogP contribution in [-0.2, 0) is 4.74 Å². The minimum Gasteiger partial charge on any atom is -0.508 e. The minimum absolute atomic E-state index is 0.0601. The van der Waals surface area contributed by atoms with Crippen LogP contribution in [0.5, 0.6) is 5.75 Å². The summed E-state index contributed by atoms with van der Waals surface area (Å²) >= 11 is 0. The number of rotatable bonds is 5. The number of phenols is 1. The SMILES string of the molecule is CCC1(CC)CC(NC(C)c2ccc(O)cc2)CCO1. The molecule has 1 fully saturated rings. The molecule has 1 aromatic rings. The zero-order chi connectivity index (χ0) is 14.6. The van der Waals surface area contributed by atoms with E-state index in [0.29, 0.717) is 17.8 Å². The van der Waals surface area contributed by atoms with E-state index in [1.165, 1.54) is 5.56 Å². The van der Waals surface area contributed by atoms with Gasteiger partial charge in [-0.2, -0.15) is 0 Å². The fourth-order valence-electron chi connectivity index (χ4n) is 3.13. The molecule has 0 saturated carbocycles. The Bertz CT molecular complexity index is 412. The molecule has 2 rings (SSSR count). The van der Waals surface area contributed by atoms with Gasteiger partial charge in [0.2, 0.25) is 0 Å². The number of hydrogen-bond donors (Lipinski definition) is 2. The van der Waals surface area contributed by atoms with Gasteiger partial charge in [0.05, 0.1) is 5.60 Å². The van der Waals surface area contributed by atoms with Crippen LogP contribution in [0.1, 0.15) is 58.1 Å². The highest BCUT2D eigenvalue weighted by Gasteiger charge is 2.34. The Balaban J connectivity index is 1.97. The molecule has 1 aromatic carbocycles. The molecule has 112 valence electrons. The summed E-state index contributed by atoms with van der Waals surface area (Å²) in [6, 6.07) is 8.27. The van der Waals surface area contributed by atoms with Crippen molar-refractivity contribution in [3.63, 3.8) is 0 Å². The Morgan fingerprint density at radius 3 is 2.55 bits per heavy atom. The Labute approximate surface area is 122 Å². The van der Waals surface area contributed by atoms with Crippen molar-refractivity contribution in [1.82, 2.24) is 5.32 Å². The summed E-state index contributed by atoms with van der Waals surface area (Å²) in [5.41, 5.74) is 1.28. The standard InChI is InChI=1S/C17H27NO2/c1-4-17(5-2)12-15(10-11-20-17)18-13(3)14-6-8-16(19)9-7-14/h6-9,13,15,18-19H,4-5,10-12H2,1-3H3. The second-order valence-electron chi connectivity index (χ2n) is 5.91. The predicted molar refractivity (Wildman–Crippen MR) is 81.9 cm³/mol. The lowest BCUT2D eigenvalue weighted by Crippen LogP contribution is -2.47. The summed E-state index contributed by atoms with van der Waals surface area (Å²) in [6.45, 7) is 7.47. The van der Waals surface area contributed by atoms with E-state index in [9.17, 15) is 5.11 Å². The Kier molecular flexibility index (Phi) is 5.06. The number of benzene rings is 1. The lowest BCUT2D eigenvalue weighted by molar-refractivity contribution is -0.0939. The van der Waals surface area contributed by atoms with Gasteiger partial charge in [0.15, 0.2) is 0 Å². The van der Waals surface area contributed by atoms with E-state index >= 15 is 0 Å². The molecule has 0 aromatic heterocycles. The van der Waals surface area contributed by atoms with Gasteiger partial charge in [0.1, 0.15) is 5.75 Å². The highest BCUT2D eigenvalue weighted by Crippen LogP contribution is 2.32. The number of phenolic OH excluding ortho intramolecular Hbond substituents is 1. The molecule has 0 radical (unpaired) electrons. The molecule has 1 heterocycles. The van der Waals surface area contributed by atoms with Crippen molar-refractivity contribution in [1.29, 1.82) is 0 Å². The smallest absolute Gasteiger partial charge is 0.115 e. The zero-order valence-corrected chi connectivity index (χ0v) is 12.9. The van der Waals surface area contributed by atoms with Crippen LogP contribution in [0.4, 0.5) is 0 Å². The van der Waals surface area contributed by atoms with Crippen LogP contribution in [0.15, 0.2) is 24.3 Å². The van der Waals surface area contributed by atoms with E-state index in [1.807, 2.05) is 12.1 Å². The third-order valence-electron chi connectivity index (χ3n) is 4.66. The van der Waals surface area contributed by atoms with Crippen LogP contribution in [0.25, 0.3) is 0 Å². The first-order chi connectivity index (χ1) is 9.58. The van der Waals surface area contributed by atoms with Gasteiger partial charge < -0.3 is 15.2 Å². The third kappa shape index (κ3) is 3.53. The topological polar surface area (TPSA) is 41.5 Å². The van der Waals surface area contributed by atoms with E-state index in [0.717, 1.165) is 32.3 Å². The Hall–Kier alpha value is -1.06. The Morgan fingerprint density at radius 1 is 1.30 bits per heavy atom. The lowest BCUT2D eigenvalue weighted by Gasteiger charge is -2.41. The first-order valence-electron chi connectivity index (χ1n) is 7.77. The molecule has 1 aliphatic heterocycles. The Morgan fingerprint density at radius 2 is 1.95 bits per heavy atom. The molecular formula is C17H27NO2. The minimum atomic E-state index is 0.0601. The van der Waals surface area contributed by atoms with Crippen LogP contribution in [0, 0.1) is 0 Å². The highest BCUT2D eigenvalue weighted by molar-refractivity contribution is 5.27. The van der Waals surface area contributed by atoms with Crippen molar-refractivity contribution in [2.45, 2.75) is 64.1 Å². The molecule has 0 amide bonds. The summed E-state index contributed by atoms with van der Waals surface area (Å²) in [6.07, 6.45) is 4.32. The maximum absolute atomic E-state index is 9.36. The van der Waals surface area contributed by atoms with Gasteiger partial charge >= 0.3 is 0 Å². The van der Waals surface area contributed by atoms with Crippen molar-refractivity contribution in [2.24, 2.45) is 0 Å². The zero-order valence-electron chi connectivity index (χ0n) is 12.9. The summed E-state index contributed by atoms with van der Waals surface area (Å²) in [5.74, 6) is 0.322. The predicted octanol–water partition coefficient (Wildman–Crippen LogP) is 3.78. The second-order valence-corrected chi connectivity index (χ2v) is 5.91. The average molecular weight is 277 g/mol. The van der Waals surface area contributed by atoms with Crippen molar-refractivity contribution < 1.29 is 9.84 Å². The fourth-order valence-corrected chi connectivity index (χ4v) is 3.13. The van der Waals surface area contributed by atoms with Crippen molar-refractivity contribution >= 4 is 0 Å². The molecule has 20 heavy (non-hydrogen) atoms. The van der Waals surface area contributed by atoms with Gasteiger partial charge in [-0.25, -0.2) is 0 Å². The van der Waals surface area contributed by atoms with Crippen LogP contribution in [0.3, 0.4) is 0 Å². The normalized spacial score (nSPS) is 23.4. The quantitative estimate of drug-likeness (QED) is 0.860. The van der Waals surface area contributed by atoms with E-state index < -0.39 is 0 Å². The molecule has 0 aliphatic carbocycles. The summed E-state index contributed by atoms with van der Waals surface area (Å²) < 4.78 is 6.02. The largest absolute Gasteiger partial charge is 0.508 e. The molecule has 2 N–H and O–H groups in total. The van der Waals surface area contributed by atoms with Crippen molar-refractivity contribution in [2.75, 3.05) is 6.61 Å². The third-order valence-corrected chi connectivity index (χ3v) is 4.66. The number of ether oxygens (including phenoxy) is 1. The summed E-state index contributed by atoms with van der Waals surface area (Å²) in [4.78, 5) is 0. The molecule has 1 saturated heterocycles. The van der Waals surface area contributed by atoms with Crippen molar-refractivity contribution in [3.05, 3.63) is 29.8 Å². The maximum atomic E-state index is 9.36. The van der Waals surface area contributed by atoms with Crippen LogP contribution in [0.2, 0.25) is 0 Å². The van der Waals surface area contributed by atoms with E-state index in [1.54, 1.807) is 12.1 Å². The maximum Gasteiger partial charge on any atom is 0.115 e. The van der Waals surface area contributed by atoms with Gasteiger partial charge in [-0.05, 0) is 50.3 Å². The molecule has 2 atom stereocenters. The molecule has 2 unspecified atom stereocenters. The molecule has 0 bridgehead atoms.